The van der Waals surface area contributed by atoms with Gasteiger partial charge in [-0.25, -0.2) is 4.98 Å². The van der Waals surface area contributed by atoms with Gasteiger partial charge < -0.3 is 10.0 Å². The minimum atomic E-state index is 0.0827. The molecule has 1 aromatic rings. The Kier molecular flexibility index (Phi) is 3.67. The summed E-state index contributed by atoms with van der Waals surface area (Å²) in [7, 11) is 0. The molecule has 0 aromatic carbocycles. The van der Waals surface area contributed by atoms with E-state index in [4.69, 9.17) is 0 Å². The number of hydrogen-bond donors (Lipinski definition) is 1. The molecular formula is C14H22N2O. The lowest BCUT2D eigenvalue weighted by molar-refractivity contribution is 0.280. The van der Waals surface area contributed by atoms with Crippen LogP contribution in [0.3, 0.4) is 0 Å². The fourth-order valence-corrected chi connectivity index (χ4v) is 2.68. The first-order valence-corrected chi connectivity index (χ1v) is 6.44. The van der Waals surface area contributed by atoms with Crippen LogP contribution >= 0.6 is 0 Å². The summed E-state index contributed by atoms with van der Waals surface area (Å²) in [6.45, 7) is 8.56. The van der Waals surface area contributed by atoms with E-state index in [1.807, 2.05) is 13.0 Å². The lowest BCUT2D eigenvalue weighted by atomic mass is 9.99. The van der Waals surface area contributed by atoms with Crippen LogP contribution in [0.25, 0.3) is 0 Å². The normalized spacial score (nSPS) is 20.7. The highest BCUT2D eigenvalue weighted by molar-refractivity contribution is 5.51. The van der Waals surface area contributed by atoms with Gasteiger partial charge >= 0.3 is 0 Å². The van der Waals surface area contributed by atoms with Crippen LogP contribution in [0.2, 0.25) is 0 Å². The van der Waals surface area contributed by atoms with Crippen LogP contribution in [0, 0.1) is 19.8 Å². The summed E-state index contributed by atoms with van der Waals surface area (Å²) >= 11 is 0. The molecule has 2 heterocycles. The zero-order valence-corrected chi connectivity index (χ0v) is 11.0. The average Bonchev–Trinajstić information content (AvgIpc) is 2.28. The van der Waals surface area contributed by atoms with Crippen molar-refractivity contribution in [2.75, 3.05) is 18.0 Å². The number of anilines is 1. The second-order valence-electron chi connectivity index (χ2n) is 5.23. The molecule has 1 saturated heterocycles. The van der Waals surface area contributed by atoms with Crippen molar-refractivity contribution < 1.29 is 5.11 Å². The predicted molar refractivity (Wildman–Crippen MR) is 70.2 cm³/mol. The van der Waals surface area contributed by atoms with E-state index in [-0.39, 0.29) is 6.61 Å². The molecule has 2 rings (SSSR count). The molecular weight excluding hydrogens is 212 g/mol. The highest BCUT2D eigenvalue weighted by Crippen LogP contribution is 2.27. The fourth-order valence-electron chi connectivity index (χ4n) is 2.68. The van der Waals surface area contributed by atoms with Gasteiger partial charge in [-0.1, -0.05) is 6.92 Å². The van der Waals surface area contributed by atoms with E-state index in [0.717, 1.165) is 41.6 Å². The number of pyridine rings is 1. The van der Waals surface area contributed by atoms with E-state index in [0.29, 0.717) is 0 Å². The van der Waals surface area contributed by atoms with Crippen molar-refractivity contribution in [3.05, 3.63) is 22.9 Å². The third-order valence-electron chi connectivity index (χ3n) is 3.57. The van der Waals surface area contributed by atoms with Crippen molar-refractivity contribution in [1.82, 2.24) is 4.98 Å². The maximum Gasteiger partial charge on any atom is 0.134 e. The van der Waals surface area contributed by atoms with Gasteiger partial charge in [-0.2, -0.15) is 0 Å². The molecule has 1 aliphatic heterocycles. The molecule has 3 nitrogen and oxygen atoms in total. The maximum atomic E-state index is 9.52. The Balaban J connectivity index is 2.35. The summed E-state index contributed by atoms with van der Waals surface area (Å²) in [4.78, 5) is 6.96. The zero-order valence-electron chi connectivity index (χ0n) is 11.0. The van der Waals surface area contributed by atoms with Crippen LogP contribution in [0.5, 0.6) is 0 Å². The van der Waals surface area contributed by atoms with E-state index in [2.05, 4.69) is 23.7 Å². The Morgan fingerprint density at radius 2 is 2.24 bits per heavy atom. The van der Waals surface area contributed by atoms with Crippen molar-refractivity contribution in [1.29, 1.82) is 0 Å². The summed E-state index contributed by atoms with van der Waals surface area (Å²) in [5, 5.41) is 9.52. The SMILES string of the molecule is Cc1cc(C)c(CO)c(N2CCCC(C)C2)n1. The number of aromatic nitrogens is 1. The van der Waals surface area contributed by atoms with E-state index < -0.39 is 0 Å². The Labute approximate surface area is 103 Å². The molecule has 0 radical (unpaired) electrons. The molecule has 1 N–H and O–H groups in total. The maximum absolute atomic E-state index is 9.52. The van der Waals surface area contributed by atoms with Crippen molar-refractivity contribution in [3.8, 4) is 0 Å². The van der Waals surface area contributed by atoms with Crippen molar-refractivity contribution >= 4 is 5.82 Å². The van der Waals surface area contributed by atoms with Crippen LogP contribution in [-0.4, -0.2) is 23.2 Å². The van der Waals surface area contributed by atoms with Gasteiger partial charge in [0.05, 0.1) is 6.61 Å². The van der Waals surface area contributed by atoms with Gasteiger partial charge in [-0.3, -0.25) is 0 Å². The van der Waals surface area contributed by atoms with Crippen molar-refractivity contribution in [2.24, 2.45) is 5.92 Å². The Morgan fingerprint density at radius 1 is 1.47 bits per heavy atom. The van der Waals surface area contributed by atoms with Crippen molar-refractivity contribution in [3.63, 3.8) is 0 Å². The van der Waals surface area contributed by atoms with E-state index >= 15 is 0 Å². The quantitative estimate of drug-likeness (QED) is 0.853. The number of aliphatic hydroxyl groups excluding tert-OH is 1. The monoisotopic (exact) mass is 234 g/mol. The lowest BCUT2D eigenvalue weighted by Crippen LogP contribution is -2.35. The molecule has 3 heteroatoms. The number of piperidine rings is 1. The van der Waals surface area contributed by atoms with Crippen LogP contribution in [0.15, 0.2) is 6.07 Å². The van der Waals surface area contributed by atoms with Gasteiger partial charge in [-0.15, -0.1) is 0 Å². The minimum Gasteiger partial charge on any atom is -0.392 e. The lowest BCUT2D eigenvalue weighted by Gasteiger charge is -2.33. The Bertz CT molecular complexity index is 403. The molecule has 0 bridgehead atoms. The molecule has 0 saturated carbocycles. The first kappa shape index (κ1) is 12.4. The first-order chi connectivity index (χ1) is 8.11. The first-order valence-electron chi connectivity index (χ1n) is 6.44. The van der Waals surface area contributed by atoms with Crippen molar-refractivity contribution in [2.45, 2.75) is 40.2 Å². The number of aryl methyl sites for hydroxylation is 2. The molecule has 17 heavy (non-hydrogen) atoms. The molecule has 94 valence electrons. The summed E-state index contributed by atoms with van der Waals surface area (Å²) in [5.41, 5.74) is 3.17. The van der Waals surface area contributed by atoms with Crippen LogP contribution < -0.4 is 4.90 Å². The third-order valence-corrected chi connectivity index (χ3v) is 3.57. The van der Waals surface area contributed by atoms with Crippen LogP contribution in [-0.2, 0) is 6.61 Å². The molecule has 0 amide bonds. The molecule has 0 spiro atoms. The summed E-state index contributed by atoms with van der Waals surface area (Å²) in [5.74, 6) is 1.72. The second kappa shape index (κ2) is 5.05. The molecule has 1 atom stereocenters. The highest BCUT2D eigenvalue weighted by atomic mass is 16.3. The van der Waals surface area contributed by atoms with Gasteiger partial charge in [0.25, 0.3) is 0 Å². The smallest absolute Gasteiger partial charge is 0.134 e. The van der Waals surface area contributed by atoms with Gasteiger partial charge in [-0.05, 0) is 44.2 Å². The predicted octanol–water partition coefficient (Wildman–Crippen LogP) is 2.43. The molecule has 0 aliphatic carbocycles. The highest BCUT2D eigenvalue weighted by Gasteiger charge is 2.20. The molecule has 1 aliphatic rings. The van der Waals surface area contributed by atoms with Crippen LogP contribution in [0.1, 0.15) is 36.6 Å². The molecule has 1 unspecified atom stereocenters. The second-order valence-corrected chi connectivity index (χ2v) is 5.23. The number of hydrogen-bond acceptors (Lipinski definition) is 3. The average molecular weight is 234 g/mol. The standard InChI is InChI=1S/C14H22N2O/c1-10-5-4-6-16(8-10)14-13(9-17)11(2)7-12(3)15-14/h7,10,17H,4-6,8-9H2,1-3H3. The summed E-state index contributed by atoms with van der Waals surface area (Å²) in [6, 6.07) is 2.04. The van der Waals surface area contributed by atoms with Gasteiger partial charge in [0.1, 0.15) is 5.82 Å². The summed E-state index contributed by atoms with van der Waals surface area (Å²) in [6.07, 6.45) is 2.52. The third kappa shape index (κ3) is 2.60. The Morgan fingerprint density at radius 3 is 2.88 bits per heavy atom. The zero-order chi connectivity index (χ0) is 12.4. The molecule has 1 fully saturated rings. The van der Waals surface area contributed by atoms with E-state index in [1.54, 1.807) is 0 Å². The van der Waals surface area contributed by atoms with E-state index in [9.17, 15) is 5.11 Å². The number of aliphatic hydroxyl groups is 1. The van der Waals surface area contributed by atoms with E-state index in [1.165, 1.54) is 12.8 Å². The van der Waals surface area contributed by atoms with Crippen LogP contribution in [0.4, 0.5) is 5.82 Å². The largest absolute Gasteiger partial charge is 0.392 e. The number of rotatable bonds is 2. The van der Waals surface area contributed by atoms with Gasteiger partial charge in [0.15, 0.2) is 0 Å². The Hall–Kier alpha value is -1.09. The number of nitrogens with zero attached hydrogens (tertiary/aromatic N) is 2. The summed E-state index contributed by atoms with van der Waals surface area (Å²) < 4.78 is 0. The molecule has 1 aromatic heterocycles. The fraction of sp³-hybridized carbons (Fsp3) is 0.643. The topological polar surface area (TPSA) is 36.4 Å². The minimum absolute atomic E-state index is 0.0827. The van der Waals surface area contributed by atoms with Gasteiger partial charge in [0.2, 0.25) is 0 Å². The van der Waals surface area contributed by atoms with Gasteiger partial charge in [0, 0.05) is 24.3 Å².